The van der Waals surface area contributed by atoms with Crippen molar-refractivity contribution in [2.24, 2.45) is 0 Å². The maximum atomic E-state index is 12.6. The SMILES string of the molecule is C=CC(=O)Oc1cccc(-c2csc3c(=O)cc(N4CCOCC4)oc23)c1. The summed E-state index contributed by atoms with van der Waals surface area (Å²) >= 11 is 1.34. The average Bonchev–Trinajstić information content (AvgIpc) is 3.13. The van der Waals surface area contributed by atoms with E-state index in [0.717, 1.165) is 17.2 Å². The highest BCUT2D eigenvalue weighted by atomic mass is 32.1. The molecule has 6 nitrogen and oxygen atoms in total. The van der Waals surface area contributed by atoms with Crippen molar-refractivity contribution in [2.75, 3.05) is 31.2 Å². The summed E-state index contributed by atoms with van der Waals surface area (Å²) < 4.78 is 17.2. The third-order valence-corrected chi connectivity index (χ3v) is 5.26. The van der Waals surface area contributed by atoms with Gasteiger partial charge in [0.05, 0.1) is 13.2 Å². The van der Waals surface area contributed by atoms with Gasteiger partial charge in [-0.2, -0.15) is 0 Å². The smallest absolute Gasteiger partial charge is 0.335 e. The number of anilines is 1. The van der Waals surface area contributed by atoms with Crippen molar-refractivity contribution in [3.05, 3.63) is 58.6 Å². The zero-order valence-electron chi connectivity index (χ0n) is 14.5. The molecule has 1 aliphatic rings. The van der Waals surface area contributed by atoms with Gasteiger partial charge in [-0.3, -0.25) is 4.79 Å². The lowest BCUT2D eigenvalue weighted by molar-refractivity contribution is -0.128. The average molecular weight is 383 g/mol. The van der Waals surface area contributed by atoms with Gasteiger partial charge in [0.1, 0.15) is 10.4 Å². The second-order valence-electron chi connectivity index (χ2n) is 6.01. The molecule has 1 saturated heterocycles. The molecule has 3 aromatic rings. The van der Waals surface area contributed by atoms with Crippen LogP contribution in [0.3, 0.4) is 0 Å². The van der Waals surface area contributed by atoms with Crippen LogP contribution in [0.5, 0.6) is 5.75 Å². The molecule has 2 aromatic heterocycles. The molecule has 1 aliphatic heterocycles. The number of fused-ring (bicyclic) bond motifs is 1. The van der Waals surface area contributed by atoms with Gasteiger partial charge in [0, 0.05) is 36.2 Å². The Bertz CT molecular complexity index is 1060. The van der Waals surface area contributed by atoms with E-state index in [9.17, 15) is 9.59 Å². The normalized spacial score (nSPS) is 14.3. The van der Waals surface area contributed by atoms with Gasteiger partial charge in [-0.15, -0.1) is 11.3 Å². The Morgan fingerprint density at radius 3 is 2.85 bits per heavy atom. The second-order valence-corrected chi connectivity index (χ2v) is 6.89. The van der Waals surface area contributed by atoms with Gasteiger partial charge in [-0.05, 0) is 17.7 Å². The van der Waals surface area contributed by atoms with Gasteiger partial charge in [0.25, 0.3) is 0 Å². The molecule has 1 fully saturated rings. The van der Waals surface area contributed by atoms with E-state index in [1.807, 2.05) is 16.3 Å². The Kier molecular flexibility index (Phi) is 4.79. The van der Waals surface area contributed by atoms with Crippen LogP contribution in [0.2, 0.25) is 0 Å². The maximum absolute atomic E-state index is 12.6. The lowest BCUT2D eigenvalue weighted by Gasteiger charge is -2.27. The predicted molar refractivity (Wildman–Crippen MR) is 105 cm³/mol. The van der Waals surface area contributed by atoms with E-state index in [0.29, 0.717) is 48.2 Å². The van der Waals surface area contributed by atoms with Gasteiger partial charge in [-0.1, -0.05) is 18.7 Å². The highest BCUT2D eigenvalue weighted by Gasteiger charge is 2.18. The number of thiophene rings is 1. The first-order valence-corrected chi connectivity index (χ1v) is 9.36. The minimum Gasteiger partial charge on any atom is -0.439 e. The molecule has 0 N–H and O–H groups in total. The highest BCUT2D eigenvalue weighted by molar-refractivity contribution is 7.17. The second kappa shape index (κ2) is 7.38. The number of esters is 1. The Morgan fingerprint density at radius 2 is 2.07 bits per heavy atom. The number of hydrogen-bond donors (Lipinski definition) is 0. The van der Waals surface area contributed by atoms with Crippen LogP contribution >= 0.6 is 11.3 Å². The predicted octanol–water partition coefficient (Wildman–Crippen LogP) is 3.45. The fraction of sp³-hybridized carbons (Fsp3) is 0.200. The molecule has 3 heterocycles. The Balaban J connectivity index is 1.77. The van der Waals surface area contributed by atoms with Crippen LogP contribution in [0.25, 0.3) is 21.4 Å². The number of hydrogen-bond acceptors (Lipinski definition) is 7. The summed E-state index contributed by atoms with van der Waals surface area (Å²) in [5, 5.41) is 1.88. The zero-order valence-corrected chi connectivity index (χ0v) is 15.3. The van der Waals surface area contributed by atoms with Gasteiger partial charge < -0.3 is 18.8 Å². The van der Waals surface area contributed by atoms with Gasteiger partial charge in [0.2, 0.25) is 5.43 Å². The third-order valence-electron chi connectivity index (χ3n) is 4.28. The molecule has 1 aromatic carbocycles. The van der Waals surface area contributed by atoms with Gasteiger partial charge in [-0.25, -0.2) is 4.79 Å². The quantitative estimate of drug-likeness (QED) is 0.390. The van der Waals surface area contributed by atoms with E-state index in [1.165, 1.54) is 17.4 Å². The van der Waals surface area contributed by atoms with Gasteiger partial charge >= 0.3 is 5.97 Å². The van der Waals surface area contributed by atoms with E-state index in [4.69, 9.17) is 13.9 Å². The standard InChI is InChI=1S/C20H17NO5S/c1-2-18(23)25-14-5-3-4-13(10-14)15-12-27-20-16(22)11-17(26-19(15)20)21-6-8-24-9-7-21/h2-5,10-12H,1,6-9H2. The number of ether oxygens (including phenoxy) is 2. The van der Waals surface area contributed by atoms with Crippen molar-refractivity contribution in [2.45, 2.75) is 0 Å². The molecule has 0 bridgehead atoms. The maximum Gasteiger partial charge on any atom is 0.335 e. The Labute approximate surface area is 159 Å². The van der Waals surface area contributed by atoms with Crippen LogP contribution in [-0.2, 0) is 9.53 Å². The molecule has 138 valence electrons. The van der Waals surface area contributed by atoms with Crippen molar-refractivity contribution in [1.29, 1.82) is 0 Å². The number of rotatable bonds is 4. The molecule has 0 saturated carbocycles. The van der Waals surface area contributed by atoms with Crippen molar-refractivity contribution < 1.29 is 18.7 Å². The van der Waals surface area contributed by atoms with Crippen LogP contribution in [0.15, 0.2) is 57.6 Å². The van der Waals surface area contributed by atoms with Crippen LogP contribution in [0.1, 0.15) is 0 Å². The fourth-order valence-corrected chi connectivity index (χ4v) is 3.87. The van der Waals surface area contributed by atoms with E-state index in [1.54, 1.807) is 18.2 Å². The van der Waals surface area contributed by atoms with Crippen LogP contribution in [0, 0.1) is 0 Å². The van der Waals surface area contributed by atoms with E-state index in [2.05, 4.69) is 6.58 Å². The fourth-order valence-electron chi connectivity index (χ4n) is 2.95. The highest BCUT2D eigenvalue weighted by Crippen LogP contribution is 2.35. The molecule has 0 amide bonds. The molecule has 0 spiro atoms. The molecule has 0 radical (unpaired) electrons. The van der Waals surface area contributed by atoms with Gasteiger partial charge in [0.15, 0.2) is 11.5 Å². The molecule has 0 aliphatic carbocycles. The molecule has 27 heavy (non-hydrogen) atoms. The topological polar surface area (TPSA) is 69.0 Å². The third kappa shape index (κ3) is 3.51. The summed E-state index contributed by atoms with van der Waals surface area (Å²) in [7, 11) is 0. The van der Waals surface area contributed by atoms with Crippen LogP contribution in [0.4, 0.5) is 5.88 Å². The first-order chi connectivity index (χ1) is 13.2. The molecule has 0 unspecified atom stereocenters. The van der Waals surface area contributed by atoms with Crippen molar-refractivity contribution in [3.8, 4) is 16.9 Å². The zero-order chi connectivity index (χ0) is 18.8. The van der Waals surface area contributed by atoms with Crippen molar-refractivity contribution >= 4 is 33.5 Å². The number of nitrogens with zero attached hydrogens (tertiary/aromatic N) is 1. The largest absolute Gasteiger partial charge is 0.439 e. The molecular weight excluding hydrogens is 366 g/mol. The first kappa shape index (κ1) is 17.5. The van der Waals surface area contributed by atoms with Crippen molar-refractivity contribution in [1.82, 2.24) is 0 Å². The molecule has 7 heteroatoms. The first-order valence-electron chi connectivity index (χ1n) is 8.48. The summed E-state index contributed by atoms with van der Waals surface area (Å²) in [6.45, 7) is 5.97. The lowest BCUT2D eigenvalue weighted by Crippen LogP contribution is -2.36. The molecule has 4 rings (SSSR count). The Morgan fingerprint density at radius 1 is 1.26 bits per heavy atom. The number of benzene rings is 1. The number of morpholine rings is 1. The monoisotopic (exact) mass is 383 g/mol. The summed E-state index contributed by atoms with van der Waals surface area (Å²) in [6, 6.07) is 8.64. The summed E-state index contributed by atoms with van der Waals surface area (Å²) in [5.74, 6) is 0.427. The molecule has 0 atom stereocenters. The Hall–Kier alpha value is -2.90. The minimum absolute atomic E-state index is 0.0665. The van der Waals surface area contributed by atoms with E-state index >= 15 is 0 Å². The summed E-state index contributed by atoms with van der Waals surface area (Å²) in [6.07, 6.45) is 1.11. The number of carbonyl (C=O) groups excluding carboxylic acids is 1. The van der Waals surface area contributed by atoms with Crippen LogP contribution in [-0.4, -0.2) is 32.3 Å². The van der Waals surface area contributed by atoms with E-state index in [-0.39, 0.29) is 5.43 Å². The summed E-state index contributed by atoms with van der Waals surface area (Å²) in [4.78, 5) is 26.0. The summed E-state index contributed by atoms with van der Waals surface area (Å²) in [5.41, 5.74) is 2.07. The molecular formula is C20H17NO5S. The number of carbonyl (C=O) groups is 1. The lowest BCUT2D eigenvalue weighted by atomic mass is 10.1. The van der Waals surface area contributed by atoms with Crippen molar-refractivity contribution in [3.63, 3.8) is 0 Å². The van der Waals surface area contributed by atoms with E-state index < -0.39 is 5.97 Å². The van der Waals surface area contributed by atoms with Crippen LogP contribution < -0.4 is 15.1 Å². The minimum atomic E-state index is -0.525.